The third-order valence-electron chi connectivity index (χ3n) is 2.65. The number of nitrogens with zero attached hydrogens (tertiary/aromatic N) is 1. The topological polar surface area (TPSA) is 33.1 Å². The minimum Gasteiger partial charge on any atom is -0.506 e. The van der Waals surface area contributed by atoms with E-state index >= 15 is 0 Å². The molecule has 0 aliphatic rings. The molecule has 2 heteroatoms. The molecule has 2 rings (SSSR count). The summed E-state index contributed by atoms with van der Waals surface area (Å²) in [4.78, 5) is 4.20. The fourth-order valence-corrected chi connectivity index (χ4v) is 1.61. The van der Waals surface area contributed by atoms with Gasteiger partial charge in [0, 0.05) is 11.8 Å². The molecular weight excluding hydrogens is 186 g/mol. The van der Waals surface area contributed by atoms with Gasteiger partial charge in [0.05, 0.1) is 0 Å². The number of hydrogen-bond acceptors (Lipinski definition) is 2. The molecule has 2 aromatic rings. The van der Waals surface area contributed by atoms with Crippen molar-refractivity contribution in [3.63, 3.8) is 0 Å². The van der Waals surface area contributed by atoms with Crippen LogP contribution >= 0.6 is 0 Å². The Morgan fingerprint density at radius 2 is 1.87 bits per heavy atom. The number of benzene rings is 1. The molecule has 0 saturated heterocycles. The van der Waals surface area contributed by atoms with Gasteiger partial charge < -0.3 is 5.11 Å². The van der Waals surface area contributed by atoms with Crippen molar-refractivity contribution in [2.75, 3.05) is 0 Å². The maximum Gasteiger partial charge on any atom is 0.141 e. The molecule has 2 nitrogen and oxygen atoms in total. The van der Waals surface area contributed by atoms with E-state index in [0.29, 0.717) is 5.69 Å². The quantitative estimate of drug-likeness (QED) is 0.765. The van der Waals surface area contributed by atoms with E-state index in [9.17, 15) is 5.11 Å². The highest BCUT2D eigenvalue weighted by atomic mass is 16.3. The van der Waals surface area contributed by atoms with Crippen LogP contribution in [-0.4, -0.2) is 10.1 Å². The summed E-state index contributed by atoms with van der Waals surface area (Å²) in [5.74, 6) is 0.228. The second-order valence-electron chi connectivity index (χ2n) is 3.62. The average molecular weight is 199 g/mol. The van der Waals surface area contributed by atoms with Crippen LogP contribution < -0.4 is 0 Å². The molecule has 0 amide bonds. The molecule has 1 aromatic heterocycles. The molecule has 76 valence electrons. The Hall–Kier alpha value is -1.83. The molecule has 0 bridgehead atoms. The van der Waals surface area contributed by atoms with Crippen LogP contribution in [0.5, 0.6) is 5.75 Å². The Labute approximate surface area is 89.2 Å². The summed E-state index contributed by atoms with van der Waals surface area (Å²) in [6.07, 6.45) is 1.69. The molecule has 0 unspecified atom stereocenters. The molecule has 0 atom stereocenters. The van der Waals surface area contributed by atoms with E-state index in [2.05, 4.69) is 18.0 Å². The van der Waals surface area contributed by atoms with Gasteiger partial charge in [-0.1, -0.05) is 18.2 Å². The molecule has 0 saturated carbocycles. The van der Waals surface area contributed by atoms with Gasteiger partial charge in [0.15, 0.2) is 0 Å². The smallest absolute Gasteiger partial charge is 0.141 e. The molecule has 0 radical (unpaired) electrons. The van der Waals surface area contributed by atoms with Crippen LogP contribution in [0.1, 0.15) is 11.1 Å². The zero-order valence-corrected chi connectivity index (χ0v) is 8.86. The first kappa shape index (κ1) is 9.71. The Morgan fingerprint density at radius 3 is 2.60 bits per heavy atom. The van der Waals surface area contributed by atoms with Crippen LogP contribution in [0, 0.1) is 13.8 Å². The van der Waals surface area contributed by atoms with Crippen molar-refractivity contribution >= 4 is 0 Å². The van der Waals surface area contributed by atoms with E-state index in [1.165, 1.54) is 5.56 Å². The highest BCUT2D eigenvalue weighted by Gasteiger charge is 2.08. The van der Waals surface area contributed by atoms with Gasteiger partial charge in [-0.25, -0.2) is 0 Å². The molecule has 1 aromatic carbocycles. The van der Waals surface area contributed by atoms with Crippen molar-refractivity contribution in [3.8, 4) is 17.0 Å². The third kappa shape index (κ3) is 1.71. The first-order chi connectivity index (χ1) is 7.20. The highest BCUT2D eigenvalue weighted by Crippen LogP contribution is 2.29. The van der Waals surface area contributed by atoms with E-state index in [1.807, 2.05) is 19.1 Å². The molecule has 1 N–H and O–H groups in total. The second-order valence-corrected chi connectivity index (χ2v) is 3.62. The largest absolute Gasteiger partial charge is 0.506 e. The number of aryl methyl sites for hydroxylation is 1. The summed E-state index contributed by atoms with van der Waals surface area (Å²) < 4.78 is 0. The summed E-state index contributed by atoms with van der Waals surface area (Å²) >= 11 is 0. The van der Waals surface area contributed by atoms with Crippen LogP contribution in [0.4, 0.5) is 0 Å². The number of hydrogen-bond donors (Lipinski definition) is 1. The van der Waals surface area contributed by atoms with Gasteiger partial charge in [-0.05, 0) is 37.1 Å². The van der Waals surface area contributed by atoms with Crippen LogP contribution in [0.2, 0.25) is 0 Å². The van der Waals surface area contributed by atoms with E-state index in [1.54, 1.807) is 18.3 Å². The number of aromatic hydroxyl groups is 1. The van der Waals surface area contributed by atoms with E-state index in [4.69, 9.17) is 0 Å². The second kappa shape index (κ2) is 3.73. The average Bonchev–Trinajstić information content (AvgIpc) is 2.23. The van der Waals surface area contributed by atoms with E-state index < -0.39 is 0 Å². The lowest BCUT2D eigenvalue weighted by atomic mass is 10.0. The van der Waals surface area contributed by atoms with Crippen LogP contribution in [0.15, 0.2) is 36.5 Å². The highest BCUT2D eigenvalue weighted by molar-refractivity contribution is 5.69. The first-order valence-corrected chi connectivity index (χ1v) is 4.90. The lowest BCUT2D eigenvalue weighted by molar-refractivity contribution is 0.475. The predicted octanol–water partition coefficient (Wildman–Crippen LogP) is 3.07. The zero-order chi connectivity index (χ0) is 10.8. The molecule has 0 aliphatic heterocycles. The number of rotatable bonds is 1. The standard InChI is InChI=1S/C13H13NO/c1-9-5-3-6-11(10(9)2)13-12(15)7-4-8-14-13/h3-8,15H,1-2H3. The third-order valence-corrected chi connectivity index (χ3v) is 2.65. The van der Waals surface area contributed by atoms with Crippen LogP contribution in [0.3, 0.4) is 0 Å². The minimum absolute atomic E-state index is 0.228. The summed E-state index contributed by atoms with van der Waals surface area (Å²) in [5, 5.41) is 9.72. The van der Waals surface area contributed by atoms with Crippen molar-refractivity contribution in [1.29, 1.82) is 0 Å². The Balaban J connectivity index is 2.65. The van der Waals surface area contributed by atoms with Gasteiger partial charge in [0.1, 0.15) is 11.4 Å². The monoisotopic (exact) mass is 199 g/mol. The summed E-state index contributed by atoms with van der Waals surface area (Å²) in [6.45, 7) is 4.09. The van der Waals surface area contributed by atoms with Gasteiger partial charge >= 0.3 is 0 Å². The molecule has 0 spiro atoms. The summed E-state index contributed by atoms with van der Waals surface area (Å²) in [5.41, 5.74) is 4.01. The number of aromatic nitrogens is 1. The normalized spacial score (nSPS) is 10.3. The molecule has 0 fully saturated rings. The summed E-state index contributed by atoms with van der Waals surface area (Å²) in [6, 6.07) is 9.39. The molecule has 0 aliphatic carbocycles. The van der Waals surface area contributed by atoms with Crippen molar-refractivity contribution in [2.45, 2.75) is 13.8 Å². The van der Waals surface area contributed by atoms with Crippen molar-refractivity contribution < 1.29 is 5.11 Å². The van der Waals surface area contributed by atoms with E-state index in [-0.39, 0.29) is 5.75 Å². The molecular formula is C13H13NO. The Kier molecular flexibility index (Phi) is 2.42. The summed E-state index contributed by atoms with van der Waals surface area (Å²) in [7, 11) is 0. The Bertz CT molecular complexity index is 492. The van der Waals surface area contributed by atoms with Gasteiger partial charge in [-0.2, -0.15) is 0 Å². The lowest BCUT2D eigenvalue weighted by Gasteiger charge is -2.08. The minimum atomic E-state index is 0.228. The molecule has 15 heavy (non-hydrogen) atoms. The molecule has 1 heterocycles. The van der Waals surface area contributed by atoms with Crippen LogP contribution in [0.25, 0.3) is 11.3 Å². The maximum absolute atomic E-state index is 9.72. The van der Waals surface area contributed by atoms with E-state index in [0.717, 1.165) is 11.1 Å². The zero-order valence-electron chi connectivity index (χ0n) is 8.86. The Morgan fingerprint density at radius 1 is 1.07 bits per heavy atom. The van der Waals surface area contributed by atoms with Crippen molar-refractivity contribution in [1.82, 2.24) is 4.98 Å². The first-order valence-electron chi connectivity index (χ1n) is 4.90. The lowest BCUT2D eigenvalue weighted by Crippen LogP contribution is -1.89. The van der Waals surface area contributed by atoms with Gasteiger partial charge in [-0.3, -0.25) is 4.98 Å². The van der Waals surface area contributed by atoms with Crippen LogP contribution in [-0.2, 0) is 0 Å². The van der Waals surface area contributed by atoms with Crippen molar-refractivity contribution in [3.05, 3.63) is 47.7 Å². The van der Waals surface area contributed by atoms with Crippen molar-refractivity contribution in [2.24, 2.45) is 0 Å². The van der Waals surface area contributed by atoms with Gasteiger partial charge in [0.25, 0.3) is 0 Å². The SMILES string of the molecule is Cc1cccc(-c2ncccc2O)c1C. The number of pyridine rings is 1. The van der Waals surface area contributed by atoms with Gasteiger partial charge in [-0.15, -0.1) is 0 Å². The predicted molar refractivity (Wildman–Crippen MR) is 60.8 cm³/mol. The van der Waals surface area contributed by atoms with Gasteiger partial charge in [0.2, 0.25) is 0 Å². The maximum atomic E-state index is 9.72. The fourth-order valence-electron chi connectivity index (χ4n) is 1.61. The fraction of sp³-hybridized carbons (Fsp3) is 0.154.